The molecule has 0 bridgehead atoms. The maximum absolute atomic E-state index is 4.57. The molecule has 0 aromatic carbocycles. The van der Waals surface area contributed by atoms with Crippen LogP contribution in [0.25, 0.3) is 0 Å². The van der Waals surface area contributed by atoms with Gasteiger partial charge in [0.25, 0.3) is 0 Å². The fraction of sp³-hybridized carbons (Fsp3) is 0.979. The van der Waals surface area contributed by atoms with Crippen LogP contribution in [0.5, 0.6) is 0 Å². The Morgan fingerprint density at radius 1 is 0.286 bits per heavy atom. The summed E-state index contributed by atoms with van der Waals surface area (Å²) in [4.78, 5) is 6.76. The fourth-order valence-corrected chi connectivity index (χ4v) is 7.45. The third-order valence-corrected chi connectivity index (χ3v) is 11.0. The lowest BCUT2D eigenvalue weighted by molar-refractivity contribution is 0.471. The molecule has 0 saturated heterocycles. The minimum atomic E-state index is 0.961. The van der Waals surface area contributed by atoms with Crippen LogP contribution in [-0.4, -0.2) is 31.4 Å². The second-order valence-electron chi connectivity index (χ2n) is 16.2. The average Bonchev–Trinajstić information content (AvgIpc) is 3.11. The van der Waals surface area contributed by atoms with Crippen molar-refractivity contribution >= 4 is 6.34 Å². The largest absolute Gasteiger partial charge is 0.516 e. The molecule has 2 heteroatoms. The summed E-state index contributed by atoms with van der Waals surface area (Å²) < 4.78 is 0. The van der Waals surface area contributed by atoms with Crippen LogP contribution in [0.4, 0.5) is 0 Å². The van der Waals surface area contributed by atoms with Gasteiger partial charge in [-0.15, -0.1) is 0 Å². The summed E-state index contributed by atoms with van der Waals surface area (Å²) in [6.07, 6.45) is 62.4. The zero-order chi connectivity index (χ0) is 35.4. The van der Waals surface area contributed by atoms with E-state index in [2.05, 4.69) is 37.1 Å². The molecule has 0 atom stereocenters. The highest BCUT2D eigenvalue weighted by Gasteiger charge is 2.06. The minimum Gasteiger partial charge on any atom is -0.153 e. The van der Waals surface area contributed by atoms with Crippen molar-refractivity contribution in [3.05, 3.63) is 0 Å². The van der Waals surface area contributed by atoms with Crippen molar-refractivity contribution < 1.29 is 0 Å². The number of hydrogen-bond donors (Lipinski definition) is 0. The maximum atomic E-state index is 4.57. The van der Waals surface area contributed by atoms with Crippen LogP contribution in [0, 0.1) is 0 Å². The van der Waals surface area contributed by atoms with Crippen molar-refractivity contribution in [1.82, 2.24) is 4.90 Å². The molecule has 0 aromatic rings. The smallest absolute Gasteiger partial charge is 0.153 e. The lowest BCUT2D eigenvalue weighted by Gasteiger charge is -2.04. The second-order valence-corrected chi connectivity index (χ2v) is 16.2. The van der Waals surface area contributed by atoms with Crippen molar-refractivity contribution in [2.45, 2.75) is 277 Å². The van der Waals surface area contributed by atoms with Crippen LogP contribution < -0.4 is 0 Å². The Balaban J connectivity index is 3.19. The SMILES string of the molecule is CCCCCCCCCCCCCCCCCCCCCCCCN(C)[C+]=NCCCCCCCCCCCCCCCCCCCCC. The Bertz CT molecular complexity index is 587. The van der Waals surface area contributed by atoms with E-state index in [1.165, 1.54) is 263 Å². The average molecular weight is 688 g/mol. The standard InChI is InChI=1S/C47H95N2/c1-4-6-8-10-12-14-16-18-20-22-24-25-26-28-30-32-34-36-38-40-42-44-46-49(3)47-48-45-43-41-39-37-35-33-31-29-27-23-21-19-17-15-13-11-9-7-5-2/h4-46H2,1-3H3/q+1. The van der Waals surface area contributed by atoms with Crippen LogP contribution >= 0.6 is 0 Å². The van der Waals surface area contributed by atoms with E-state index >= 15 is 0 Å². The molecule has 2 nitrogen and oxygen atoms in total. The second kappa shape index (κ2) is 45.4. The molecular weight excluding hydrogens is 593 g/mol. The highest BCUT2D eigenvalue weighted by molar-refractivity contribution is 5.54. The molecule has 0 aromatic heterocycles. The van der Waals surface area contributed by atoms with Crippen molar-refractivity contribution in [1.29, 1.82) is 0 Å². The monoisotopic (exact) mass is 688 g/mol. The van der Waals surface area contributed by atoms with E-state index in [9.17, 15) is 0 Å². The number of rotatable bonds is 44. The molecule has 0 saturated carbocycles. The van der Waals surface area contributed by atoms with Gasteiger partial charge in [-0.05, 0) is 17.8 Å². The van der Waals surface area contributed by atoms with E-state index in [-0.39, 0.29) is 0 Å². The first-order chi connectivity index (χ1) is 24.3. The van der Waals surface area contributed by atoms with Gasteiger partial charge in [0, 0.05) is 0 Å². The summed E-state index contributed by atoms with van der Waals surface area (Å²) in [5.41, 5.74) is 0. The summed E-state index contributed by atoms with van der Waals surface area (Å²) in [7, 11) is 2.15. The van der Waals surface area contributed by atoms with Crippen LogP contribution in [-0.2, 0) is 0 Å². The minimum absolute atomic E-state index is 0.961. The van der Waals surface area contributed by atoms with E-state index in [4.69, 9.17) is 0 Å². The van der Waals surface area contributed by atoms with Gasteiger partial charge in [-0.25, -0.2) is 0 Å². The number of hydrogen-bond acceptors (Lipinski definition) is 1. The van der Waals surface area contributed by atoms with Gasteiger partial charge in [-0.2, -0.15) is 4.90 Å². The fourth-order valence-electron chi connectivity index (χ4n) is 7.45. The first-order valence-electron chi connectivity index (χ1n) is 23.4. The zero-order valence-corrected chi connectivity index (χ0v) is 34.8. The Kier molecular flexibility index (Phi) is 44.8. The molecular formula is C47H95N2+. The molecule has 0 spiro atoms. The first kappa shape index (κ1) is 48.4. The first-order valence-corrected chi connectivity index (χ1v) is 23.4. The van der Waals surface area contributed by atoms with Gasteiger partial charge in [-0.1, -0.05) is 264 Å². The van der Waals surface area contributed by atoms with Gasteiger partial charge in [-0.3, -0.25) is 0 Å². The highest BCUT2D eigenvalue weighted by atomic mass is 15.1. The summed E-state index contributed by atoms with van der Waals surface area (Å²) in [5.74, 6) is 0. The predicted molar refractivity (Wildman–Crippen MR) is 226 cm³/mol. The van der Waals surface area contributed by atoms with E-state index in [1.807, 2.05) is 0 Å². The Labute approximate surface area is 312 Å². The predicted octanol–water partition coefficient (Wildman–Crippen LogP) is 16.9. The molecule has 0 aliphatic heterocycles. The molecule has 292 valence electrons. The summed E-state index contributed by atoms with van der Waals surface area (Å²) >= 11 is 0. The maximum Gasteiger partial charge on any atom is 0.516 e. The Hall–Kier alpha value is -0.620. The summed E-state index contributed by atoms with van der Waals surface area (Å²) in [5, 5.41) is 0. The van der Waals surface area contributed by atoms with Gasteiger partial charge in [0.1, 0.15) is 0 Å². The highest BCUT2D eigenvalue weighted by Crippen LogP contribution is 2.17. The molecule has 0 N–H and O–H groups in total. The summed E-state index contributed by atoms with van der Waals surface area (Å²) in [6, 6.07) is 0. The van der Waals surface area contributed by atoms with Crippen molar-refractivity contribution in [3.8, 4) is 0 Å². The number of aliphatic imine (C=N–C) groups is 1. The van der Waals surface area contributed by atoms with Gasteiger partial charge >= 0.3 is 6.34 Å². The van der Waals surface area contributed by atoms with E-state index in [0.717, 1.165) is 13.1 Å². The van der Waals surface area contributed by atoms with Gasteiger partial charge in [0.2, 0.25) is 0 Å². The molecule has 0 aliphatic carbocycles. The molecule has 0 rings (SSSR count). The van der Waals surface area contributed by atoms with E-state index < -0.39 is 0 Å². The van der Waals surface area contributed by atoms with Gasteiger partial charge in [0.05, 0.1) is 20.1 Å². The third kappa shape index (κ3) is 45.4. The van der Waals surface area contributed by atoms with Crippen LogP contribution in [0.3, 0.4) is 0 Å². The molecule has 0 aliphatic rings. The lowest BCUT2D eigenvalue weighted by atomic mass is 10.0. The normalized spacial score (nSPS) is 11.6. The van der Waals surface area contributed by atoms with Crippen LogP contribution in [0.2, 0.25) is 0 Å². The molecule has 0 fully saturated rings. The van der Waals surface area contributed by atoms with Gasteiger partial charge < -0.3 is 0 Å². The molecule has 0 unspecified atom stereocenters. The van der Waals surface area contributed by atoms with Crippen molar-refractivity contribution in [2.75, 3.05) is 20.1 Å². The van der Waals surface area contributed by atoms with Crippen molar-refractivity contribution in [2.24, 2.45) is 4.99 Å². The third-order valence-electron chi connectivity index (χ3n) is 11.0. The van der Waals surface area contributed by atoms with Crippen molar-refractivity contribution in [3.63, 3.8) is 0 Å². The Morgan fingerprint density at radius 3 is 0.735 bits per heavy atom. The topological polar surface area (TPSA) is 15.6 Å². The Morgan fingerprint density at radius 2 is 0.490 bits per heavy atom. The molecule has 0 amide bonds. The number of unbranched alkanes of at least 4 members (excludes halogenated alkanes) is 39. The van der Waals surface area contributed by atoms with Crippen LogP contribution in [0.1, 0.15) is 277 Å². The molecule has 0 heterocycles. The van der Waals surface area contributed by atoms with E-state index in [0.29, 0.717) is 0 Å². The molecule has 0 radical (unpaired) electrons. The zero-order valence-electron chi connectivity index (χ0n) is 34.8. The quantitative estimate of drug-likeness (QED) is 0.0205. The van der Waals surface area contributed by atoms with Gasteiger partial charge in [0.15, 0.2) is 0 Å². The van der Waals surface area contributed by atoms with E-state index in [1.54, 1.807) is 0 Å². The lowest BCUT2D eigenvalue weighted by Crippen LogP contribution is -2.17. The molecule has 49 heavy (non-hydrogen) atoms. The van der Waals surface area contributed by atoms with Crippen LogP contribution in [0.15, 0.2) is 4.99 Å². The summed E-state index contributed by atoms with van der Waals surface area (Å²) in [6.45, 7) is 6.69. The number of nitrogens with zero attached hydrogens (tertiary/aromatic N) is 2.